The summed E-state index contributed by atoms with van der Waals surface area (Å²) in [5, 5.41) is 18.8. The number of aryl methyl sites for hydroxylation is 1. The second-order valence-corrected chi connectivity index (χ2v) is 10.4. The Balaban J connectivity index is 1.42. The number of amides is 2. The summed E-state index contributed by atoms with van der Waals surface area (Å²) in [4.78, 5) is 25.8. The van der Waals surface area contributed by atoms with Crippen LogP contribution >= 0.6 is 0 Å². The fourth-order valence-corrected chi connectivity index (χ4v) is 6.25. The minimum absolute atomic E-state index is 0.0168. The SMILES string of the molecule is Cc1cc[n+]([O-])c(C)c1-c1ccc(NC(=O)[C@@H](C2CCCCC2)[C@@H]2NCCn3c(C(N)=O)ccc32)cc1. The number of fused-ring (bicyclic) bond motifs is 1. The maximum absolute atomic E-state index is 13.9. The molecule has 3 aromatic rings. The molecule has 1 aliphatic carbocycles. The highest BCUT2D eigenvalue weighted by atomic mass is 16.5. The molecule has 3 heterocycles. The quantitative estimate of drug-likeness (QED) is 0.350. The topological polar surface area (TPSA) is 116 Å². The van der Waals surface area contributed by atoms with Crippen LogP contribution in [0.5, 0.6) is 0 Å². The van der Waals surface area contributed by atoms with Gasteiger partial charge in [0.2, 0.25) is 5.91 Å². The van der Waals surface area contributed by atoms with Crippen LogP contribution in [0.2, 0.25) is 0 Å². The number of carbonyl (C=O) groups is 2. The van der Waals surface area contributed by atoms with E-state index in [1.807, 2.05) is 54.8 Å². The molecule has 0 radical (unpaired) electrons. The Morgan fingerprint density at radius 2 is 1.81 bits per heavy atom. The zero-order valence-corrected chi connectivity index (χ0v) is 21.5. The molecular formula is C29H35N5O3. The van der Waals surface area contributed by atoms with Gasteiger partial charge in [0.05, 0.1) is 17.5 Å². The summed E-state index contributed by atoms with van der Waals surface area (Å²) in [7, 11) is 0. The average Bonchev–Trinajstić information content (AvgIpc) is 3.34. The maximum Gasteiger partial charge on any atom is 0.265 e. The number of primary amides is 1. The monoisotopic (exact) mass is 501 g/mol. The molecule has 0 unspecified atom stereocenters. The van der Waals surface area contributed by atoms with E-state index in [0.29, 0.717) is 24.5 Å². The lowest BCUT2D eigenvalue weighted by Crippen LogP contribution is -2.45. The van der Waals surface area contributed by atoms with Gasteiger partial charge < -0.3 is 26.1 Å². The van der Waals surface area contributed by atoms with Crippen molar-refractivity contribution in [2.24, 2.45) is 17.6 Å². The summed E-state index contributed by atoms with van der Waals surface area (Å²) in [5.41, 5.74) is 11.3. The average molecular weight is 502 g/mol. The van der Waals surface area contributed by atoms with E-state index in [1.54, 1.807) is 6.07 Å². The molecule has 2 amide bonds. The fraction of sp³-hybridized carbons (Fsp3) is 0.414. The second kappa shape index (κ2) is 10.4. The number of pyridine rings is 1. The van der Waals surface area contributed by atoms with Crippen LogP contribution in [0.15, 0.2) is 48.7 Å². The third kappa shape index (κ3) is 4.85. The summed E-state index contributed by atoms with van der Waals surface area (Å²) < 4.78 is 2.84. The molecule has 4 N–H and O–H groups in total. The maximum atomic E-state index is 13.9. The van der Waals surface area contributed by atoms with Gasteiger partial charge >= 0.3 is 0 Å². The third-order valence-corrected chi connectivity index (χ3v) is 8.09. The summed E-state index contributed by atoms with van der Waals surface area (Å²) in [6, 6.07) is 13.0. The molecule has 8 heteroatoms. The molecular weight excluding hydrogens is 466 g/mol. The molecule has 0 saturated heterocycles. The largest absolute Gasteiger partial charge is 0.618 e. The number of benzene rings is 1. The summed E-state index contributed by atoms with van der Waals surface area (Å²) in [6.45, 7) is 5.13. The lowest BCUT2D eigenvalue weighted by Gasteiger charge is -2.38. The van der Waals surface area contributed by atoms with Crippen molar-refractivity contribution in [2.75, 3.05) is 11.9 Å². The molecule has 37 heavy (non-hydrogen) atoms. The molecule has 0 spiro atoms. The number of hydrogen-bond donors (Lipinski definition) is 3. The van der Waals surface area contributed by atoms with Gasteiger partial charge in [-0.05, 0) is 61.1 Å². The number of rotatable bonds is 6. The Labute approximate surface area is 217 Å². The van der Waals surface area contributed by atoms with Crippen molar-refractivity contribution in [3.8, 4) is 11.1 Å². The molecule has 1 aliphatic heterocycles. The van der Waals surface area contributed by atoms with Gasteiger partial charge in [-0.3, -0.25) is 9.59 Å². The van der Waals surface area contributed by atoms with E-state index in [-0.39, 0.29) is 23.8 Å². The molecule has 2 aliphatic rings. The van der Waals surface area contributed by atoms with Crippen LogP contribution in [0, 0.1) is 30.9 Å². The van der Waals surface area contributed by atoms with E-state index in [4.69, 9.17) is 5.73 Å². The molecule has 8 nitrogen and oxygen atoms in total. The van der Waals surface area contributed by atoms with E-state index in [1.165, 1.54) is 12.6 Å². The van der Waals surface area contributed by atoms with Crippen LogP contribution in [0.3, 0.4) is 0 Å². The Bertz CT molecular complexity index is 1310. The number of nitrogens with two attached hydrogens (primary N) is 1. The molecule has 0 bridgehead atoms. The van der Waals surface area contributed by atoms with Crippen LogP contribution in [-0.2, 0) is 11.3 Å². The van der Waals surface area contributed by atoms with Gasteiger partial charge in [-0.2, -0.15) is 4.73 Å². The fourth-order valence-electron chi connectivity index (χ4n) is 6.25. The first-order valence-electron chi connectivity index (χ1n) is 13.2. The molecule has 1 aromatic carbocycles. The van der Waals surface area contributed by atoms with Gasteiger partial charge in [0.1, 0.15) is 5.69 Å². The first-order chi connectivity index (χ1) is 17.8. The Morgan fingerprint density at radius 3 is 2.51 bits per heavy atom. The smallest absolute Gasteiger partial charge is 0.265 e. The van der Waals surface area contributed by atoms with Crippen molar-refractivity contribution in [3.05, 3.63) is 76.5 Å². The number of nitrogens with one attached hydrogen (secondary N) is 2. The van der Waals surface area contributed by atoms with Gasteiger partial charge in [-0.1, -0.05) is 31.4 Å². The van der Waals surface area contributed by atoms with Gasteiger partial charge in [-0.25, -0.2) is 0 Å². The van der Waals surface area contributed by atoms with Crippen LogP contribution in [0.4, 0.5) is 5.69 Å². The van der Waals surface area contributed by atoms with E-state index in [2.05, 4.69) is 10.6 Å². The molecule has 2 aromatic heterocycles. The molecule has 2 atom stereocenters. The summed E-state index contributed by atoms with van der Waals surface area (Å²) in [5.74, 6) is -0.479. The van der Waals surface area contributed by atoms with Crippen molar-refractivity contribution in [1.82, 2.24) is 9.88 Å². The van der Waals surface area contributed by atoms with Crippen LogP contribution in [0.25, 0.3) is 11.1 Å². The number of nitrogens with zero attached hydrogens (tertiary/aromatic N) is 2. The Morgan fingerprint density at radius 1 is 1.08 bits per heavy atom. The molecule has 5 rings (SSSR count). The number of anilines is 1. The van der Waals surface area contributed by atoms with Gasteiger partial charge in [0.15, 0.2) is 11.9 Å². The first kappa shape index (κ1) is 25.0. The van der Waals surface area contributed by atoms with E-state index in [0.717, 1.165) is 58.5 Å². The van der Waals surface area contributed by atoms with Crippen LogP contribution in [0.1, 0.15) is 65.6 Å². The highest BCUT2D eigenvalue weighted by molar-refractivity contribution is 5.94. The molecule has 1 fully saturated rings. The predicted molar refractivity (Wildman–Crippen MR) is 143 cm³/mol. The zero-order valence-electron chi connectivity index (χ0n) is 21.5. The zero-order chi connectivity index (χ0) is 26.1. The van der Waals surface area contributed by atoms with Gasteiger partial charge in [0, 0.05) is 37.5 Å². The van der Waals surface area contributed by atoms with Gasteiger partial charge in [0.25, 0.3) is 5.91 Å². The lowest BCUT2D eigenvalue weighted by atomic mass is 9.75. The highest BCUT2D eigenvalue weighted by Crippen LogP contribution is 2.39. The van der Waals surface area contributed by atoms with Gasteiger partial charge in [-0.15, -0.1) is 0 Å². The van der Waals surface area contributed by atoms with Crippen molar-refractivity contribution in [3.63, 3.8) is 0 Å². The number of hydrogen-bond acceptors (Lipinski definition) is 4. The van der Waals surface area contributed by atoms with Crippen LogP contribution in [-0.4, -0.2) is 22.9 Å². The third-order valence-electron chi connectivity index (χ3n) is 8.09. The van der Waals surface area contributed by atoms with E-state index >= 15 is 0 Å². The van der Waals surface area contributed by atoms with Crippen molar-refractivity contribution >= 4 is 17.5 Å². The van der Waals surface area contributed by atoms with E-state index < -0.39 is 5.91 Å². The number of aromatic nitrogens is 2. The minimum atomic E-state index is -0.447. The molecule has 1 saturated carbocycles. The van der Waals surface area contributed by atoms with Crippen molar-refractivity contribution in [1.29, 1.82) is 0 Å². The van der Waals surface area contributed by atoms with Crippen molar-refractivity contribution < 1.29 is 14.3 Å². The van der Waals surface area contributed by atoms with Crippen molar-refractivity contribution in [2.45, 2.75) is 58.5 Å². The first-order valence-corrected chi connectivity index (χ1v) is 13.2. The summed E-state index contributed by atoms with van der Waals surface area (Å²) >= 11 is 0. The predicted octanol–water partition coefficient (Wildman–Crippen LogP) is 3.98. The summed E-state index contributed by atoms with van der Waals surface area (Å²) in [6.07, 6.45) is 7.00. The van der Waals surface area contributed by atoms with E-state index in [9.17, 15) is 14.8 Å². The normalized spacial score (nSPS) is 18.7. The molecule has 194 valence electrons. The Hall–Kier alpha value is -3.65. The Kier molecular flexibility index (Phi) is 7.02. The lowest BCUT2D eigenvalue weighted by molar-refractivity contribution is -0.611. The highest BCUT2D eigenvalue weighted by Gasteiger charge is 2.39. The number of carbonyl (C=O) groups excluding carboxylic acids is 2. The minimum Gasteiger partial charge on any atom is -0.618 e. The standard InChI is InChI=1S/C29H35N5O3/c1-18-14-16-34(37)19(2)25(18)21-8-10-22(11-9-21)32-29(36)26(20-6-4-3-5-7-20)27-23-12-13-24(28(30)35)33(23)17-15-31-27/h8-14,16,20,26-27,31H,3-7,15,17H2,1-2H3,(H2,30,35)(H,32,36)/t26-,27+/m0/s1. The second-order valence-electron chi connectivity index (χ2n) is 10.4. The van der Waals surface area contributed by atoms with Crippen LogP contribution < -0.4 is 21.1 Å².